The van der Waals surface area contributed by atoms with E-state index in [2.05, 4.69) is 53.1 Å². The van der Waals surface area contributed by atoms with Crippen LogP contribution < -0.4 is 10.1 Å². The first kappa shape index (κ1) is 25.2. The highest BCUT2D eigenvalue weighted by Crippen LogP contribution is 2.41. The molecule has 0 saturated carbocycles. The van der Waals surface area contributed by atoms with Gasteiger partial charge in [-0.25, -0.2) is 9.97 Å². The van der Waals surface area contributed by atoms with Crippen LogP contribution in [-0.2, 0) is 20.4 Å². The Bertz CT molecular complexity index is 1120. The Labute approximate surface area is 207 Å². The average Bonchev–Trinajstić information content (AvgIpc) is 3.10. The summed E-state index contributed by atoms with van der Waals surface area (Å²) in [6, 6.07) is 11.7. The number of benzene rings is 1. The number of aromatic nitrogens is 2. The molecule has 0 aliphatic heterocycles. The lowest BCUT2D eigenvalue weighted by Gasteiger charge is -2.22. The van der Waals surface area contributed by atoms with Gasteiger partial charge in [-0.15, -0.1) is 0 Å². The number of thiazole rings is 1. The van der Waals surface area contributed by atoms with Crippen LogP contribution in [0.1, 0.15) is 59.2 Å². The number of halogens is 1. The van der Waals surface area contributed by atoms with E-state index >= 15 is 0 Å². The van der Waals surface area contributed by atoms with Crippen LogP contribution in [0.5, 0.6) is 11.6 Å². The van der Waals surface area contributed by atoms with E-state index in [0.717, 1.165) is 20.8 Å². The fourth-order valence-corrected chi connectivity index (χ4v) is 5.36. The maximum absolute atomic E-state index is 12.1. The smallest absolute Gasteiger partial charge is 0.306 e. The first-order valence-electron chi connectivity index (χ1n) is 10.8. The molecule has 0 fully saturated rings. The van der Waals surface area contributed by atoms with E-state index in [0.29, 0.717) is 23.3 Å². The molecule has 0 amide bonds. The van der Waals surface area contributed by atoms with Gasteiger partial charge in [-0.3, -0.25) is 4.79 Å². The van der Waals surface area contributed by atoms with Gasteiger partial charge in [0.05, 0.1) is 22.5 Å². The summed E-state index contributed by atoms with van der Waals surface area (Å²) in [6.45, 7) is 12.6. The molecule has 0 aliphatic carbocycles. The molecule has 33 heavy (non-hydrogen) atoms. The highest BCUT2D eigenvalue weighted by atomic mass is 79.9. The number of nitrogens with one attached hydrogen (secondary N) is 1. The molecule has 1 aromatic carbocycles. The highest BCUT2D eigenvalue weighted by molar-refractivity contribution is 9.11. The van der Waals surface area contributed by atoms with Crippen molar-refractivity contribution in [3.05, 3.63) is 57.6 Å². The van der Waals surface area contributed by atoms with E-state index in [-0.39, 0.29) is 17.8 Å². The number of hydrogen-bond donors (Lipinski definition) is 1. The number of pyridine rings is 1. The first-order valence-corrected chi connectivity index (χ1v) is 12.4. The molecule has 2 aromatic heterocycles. The van der Waals surface area contributed by atoms with Crippen LogP contribution in [0.3, 0.4) is 0 Å². The molecule has 3 aromatic rings. The predicted octanol–water partition coefficient (Wildman–Crippen LogP) is 7.36. The zero-order valence-corrected chi connectivity index (χ0v) is 22.3. The van der Waals surface area contributed by atoms with Crippen molar-refractivity contribution in [1.82, 2.24) is 9.97 Å². The summed E-state index contributed by atoms with van der Waals surface area (Å²) >= 11 is 5.07. The molecule has 2 heterocycles. The highest BCUT2D eigenvalue weighted by Gasteiger charge is 2.31. The molecule has 8 heteroatoms. The molecule has 0 radical (unpaired) electrons. The number of carbonyl (C=O) groups is 1. The van der Waals surface area contributed by atoms with Gasteiger partial charge in [0, 0.05) is 17.2 Å². The maximum atomic E-state index is 12.1. The zero-order chi connectivity index (χ0) is 24.2. The summed E-state index contributed by atoms with van der Waals surface area (Å²) in [6.07, 6.45) is 1.94. The zero-order valence-electron chi connectivity index (χ0n) is 19.9. The Balaban J connectivity index is 1.86. The van der Waals surface area contributed by atoms with Crippen LogP contribution >= 0.6 is 27.3 Å². The number of rotatable bonds is 8. The quantitative estimate of drug-likeness (QED) is 0.306. The lowest BCUT2D eigenvalue weighted by Crippen LogP contribution is -2.24. The van der Waals surface area contributed by atoms with Crippen LogP contribution in [0.4, 0.5) is 10.8 Å². The van der Waals surface area contributed by atoms with Crippen LogP contribution in [-0.4, -0.2) is 22.5 Å². The average molecular weight is 533 g/mol. The molecule has 0 saturated heterocycles. The second-order valence-electron chi connectivity index (χ2n) is 9.34. The predicted molar refractivity (Wildman–Crippen MR) is 137 cm³/mol. The summed E-state index contributed by atoms with van der Waals surface area (Å²) in [7, 11) is 0. The normalized spacial score (nSPS) is 11.8. The molecular weight excluding hydrogens is 502 g/mol. The number of nitrogens with zero attached hydrogens (tertiary/aromatic N) is 2. The van der Waals surface area contributed by atoms with Crippen LogP contribution in [0.25, 0.3) is 0 Å². The van der Waals surface area contributed by atoms with E-state index < -0.39 is 5.41 Å². The van der Waals surface area contributed by atoms with Crippen molar-refractivity contribution in [3.8, 4) is 11.6 Å². The van der Waals surface area contributed by atoms with Gasteiger partial charge in [-0.1, -0.05) is 64.2 Å². The molecule has 3 rings (SSSR count). The largest absolute Gasteiger partial charge is 0.466 e. The summed E-state index contributed by atoms with van der Waals surface area (Å²) in [5, 5.41) is 4.01. The Morgan fingerprint density at radius 3 is 2.55 bits per heavy atom. The van der Waals surface area contributed by atoms with E-state index in [1.54, 1.807) is 13.1 Å². The minimum atomic E-state index is -0.485. The Morgan fingerprint density at radius 2 is 1.85 bits per heavy atom. The first-order chi connectivity index (χ1) is 15.5. The molecule has 0 aliphatic rings. The minimum absolute atomic E-state index is 0.0709. The number of anilines is 2. The van der Waals surface area contributed by atoms with Gasteiger partial charge < -0.3 is 14.8 Å². The van der Waals surface area contributed by atoms with Crippen molar-refractivity contribution < 1.29 is 14.3 Å². The summed E-state index contributed by atoms with van der Waals surface area (Å²) in [5.41, 5.74) is 2.05. The monoisotopic (exact) mass is 531 g/mol. The van der Waals surface area contributed by atoms with Gasteiger partial charge in [0.15, 0.2) is 5.13 Å². The van der Waals surface area contributed by atoms with Crippen molar-refractivity contribution in [3.63, 3.8) is 0 Å². The summed E-state index contributed by atoms with van der Waals surface area (Å²) < 4.78 is 12.2. The second-order valence-corrected chi connectivity index (χ2v) is 11.7. The third kappa shape index (κ3) is 6.32. The number of carbonyl (C=O) groups excluding carboxylic acids is 1. The Hall–Kier alpha value is -2.45. The van der Waals surface area contributed by atoms with Crippen molar-refractivity contribution in [2.24, 2.45) is 0 Å². The lowest BCUT2D eigenvalue weighted by atomic mass is 9.86. The fraction of sp³-hybridized carbons (Fsp3) is 0.400. The van der Waals surface area contributed by atoms with Gasteiger partial charge in [-0.05, 0) is 46.5 Å². The number of para-hydroxylation sites is 1. The second kappa shape index (κ2) is 10.2. The maximum Gasteiger partial charge on any atom is 0.306 e. The van der Waals surface area contributed by atoms with Gasteiger partial charge in [-0.2, -0.15) is 0 Å². The van der Waals surface area contributed by atoms with Crippen LogP contribution in [0, 0.1) is 0 Å². The molecule has 176 valence electrons. The summed E-state index contributed by atoms with van der Waals surface area (Å²) in [5.74, 6) is 0.994. The van der Waals surface area contributed by atoms with Crippen molar-refractivity contribution in [1.29, 1.82) is 0 Å². The molecule has 0 spiro atoms. The van der Waals surface area contributed by atoms with E-state index in [4.69, 9.17) is 14.5 Å². The third-order valence-electron chi connectivity index (χ3n) is 5.03. The molecule has 6 nitrogen and oxygen atoms in total. The molecule has 0 atom stereocenters. The summed E-state index contributed by atoms with van der Waals surface area (Å²) in [4.78, 5) is 21.3. The van der Waals surface area contributed by atoms with Crippen LogP contribution in [0.2, 0.25) is 0 Å². The lowest BCUT2D eigenvalue weighted by molar-refractivity contribution is -0.144. The SMILES string of the molecule is CCOC(=O)CC(C)(C)c1nc(Nc2cccnc2Oc2ccccc2C(C)(C)C)sc1Br. The topological polar surface area (TPSA) is 73.3 Å². The van der Waals surface area contributed by atoms with E-state index in [1.807, 2.05) is 44.2 Å². The van der Waals surface area contributed by atoms with E-state index in [1.165, 1.54) is 11.3 Å². The van der Waals surface area contributed by atoms with Crippen molar-refractivity contribution >= 4 is 44.1 Å². The standard InChI is InChI=1S/C25H30BrN3O3S/c1-7-31-19(30)15-25(5,6)20-21(26)33-23(29-20)28-17-12-10-14-27-22(17)32-18-13-9-8-11-16(18)24(2,3)4/h8-14H,7,15H2,1-6H3,(H,28,29). The fourth-order valence-electron chi connectivity index (χ4n) is 3.39. The molecule has 1 N–H and O–H groups in total. The van der Waals surface area contributed by atoms with Gasteiger partial charge in [0.1, 0.15) is 11.4 Å². The number of ether oxygens (including phenoxy) is 2. The number of hydrogen-bond acceptors (Lipinski definition) is 7. The molecule has 0 bridgehead atoms. The third-order valence-corrected chi connectivity index (χ3v) is 6.65. The van der Waals surface area contributed by atoms with Crippen molar-refractivity contribution in [2.45, 2.75) is 58.8 Å². The minimum Gasteiger partial charge on any atom is -0.466 e. The van der Waals surface area contributed by atoms with Crippen LogP contribution in [0.15, 0.2) is 46.4 Å². The molecular formula is C25H30BrN3O3S. The van der Waals surface area contributed by atoms with E-state index in [9.17, 15) is 4.79 Å². The van der Waals surface area contributed by atoms with Gasteiger partial charge >= 0.3 is 5.97 Å². The van der Waals surface area contributed by atoms with Gasteiger partial charge in [0.25, 0.3) is 0 Å². The number of esters is 1. The van der Waals surface area contributed by atoms with Crippen molar-refractivity contribution in [2.75, 3.05) is 11.9 Å². The Kier molecular flexibility index (Phi) is 7.80. The molecule has 0 unspecified atom stereocenters. The van der Waals surface area contributed by atoms with Gasteiger partial charge in [0.2, 0.25) is 5.88 Å². The Morgan fingerprint density at radius 1 is 1.12 bits per heavy atom.